The molecule has 7 rings (SSSR count). The largest absolute Gasteiger partial charge is 0.388 e. The van der Waals surface area contributed by atoms with E-state index in [2.05, 4.69) is 34.9 Å². The van der Waals surface area contributed by atoms with Crippen LogP contribution in [0.1, 0.15) is 50.1 Å². The number of morpholine rings is 1. The van der Waals surface area contributed by atoms with Gasteiger partial charge in [0.1, 0.15) is 11.6 Å². The third-order valence-electron chi connectivity index (χ3n) is 8.67. The maximum Gasteiger partial charge on any atom is 0.159 e. The monoisotopic (exact) mass is 506 g/mol. The van der Waals surface area contributed by atoms with Crippen molar-refractivity contribution in [2.75, 3.05) is 44.4 Å². The highest BCUT2D eigenvalue weighted by Crippen LogP contribution is 2.40. The van der Waals surface area contributed by atoms with Gasteiger partial charge in [0.15, 0.2) is 5.82 Å². The number of hydrogen-bond donors (Lipinski definition) is 1. The molecule has 1 aromatic carbocycles. The van der Waals surface area contributed by atoms with Gasteiger partial charge in [-0.1, -0.05) is 7.43 Å². The van der Waals surface area contributed by atoms with Gasteiger partial charge in [-0.3, -0.25) is 4.90 Å². The van der Waals surface area contributed by atoms with Crippen molar-refractivity contribution in [2.45, 2.75) is 70.7 Å². The van der Waals surface area contributed by atoms with Crippen molar-refractivity contribution in [3.8, 4) is 5.82 Å². The van der Waals surface area contributed by atoms with Crippen LogP contribution in [0.15, 0.2) is 24.4 Å². The van der Waals surface area contributed by atoms with Crippen LogP contribution >= 0.6 is 0 Å². The zero-order valence-electron chi connectivity index (χ0n) is 21.2. The van der Waals surface area contributed by atoms with Gasteiger partial charge in [0.2, 0.25) is 0 Å². The quantitative estimate of drug-likeness (QED) is 0.578. The third kappa shape index (κ3) is 4.12. The number of hydrogen-bond acceptors (Lipinski definition) is 8. The van der Waals surface area contributed by atoms with E-state index in [1.54, 1.807) is 0 Å². The van der Waals surface area contributed by atoms with Crippen LogP contribution in [-0.4, -0.2) is 93.0 Å². The maximum atomic E-state index is 11.6. The Balaban J connectivity index is 0.00000252. The lowest BCUT2D eigenvalue weighted by molar-refractivity contribution is -0.113. The molecular formula is C28H38N6O3. The van der Waals surface area contributed by atoms with E-state index < -0.39 is 5.60 Å². The number of rotatable bonds is 4. The topological polar surface area (TPSA) is 88.8 Å². The van der Waals surface area contributed by atoms with Gasteiger partial charge >= 0.3 is 0 Å². The van der Waals surface area contributed by atoms with E-state index >= 15 is 0 Å². The summed E-state index contributed by atoms with van der Waals surface area (Å²) in [5, 5.41) is 17.4. The molecule has 6 heterocycles. The number of aliphatic hydroxyl groups is 1. The predicted octanol–water partition coefficient (Wildman–Crippen LogP) is 2.99. The molecule has 0 saturated carbocycles. The second kappa shape index (κ2) is 9.01. The molecule has 37 heavy (non-hydrogen) atoms. The van der Waals surface area contributed by atoms with Gasteiger partial charge < -0.3 is 19.5 Å². The van der Waals surface area contributed by atoms with Crippen LogP contribution in [0.4, 0.5) is 5.82 Å². The number of likely N-dealkylation sites (tertiary alicyclic amines) is 1. The lowest BCUT2D eigenvalue weighted by atomic mass is 9.76. The van der Waals surface area contributed by atoms with E-state index in [0.29, 0.717) is 24.7 Å². The highest BCUT2D eigenvalue weighted by atomic mass is 16.5. The number of benzene rings is 1. The molecule has 2 bridgehead atoms. The number of fused-ring (bicyclic) bond motifs is 3. The summed E-state index contributed by atoms with van der Waals surface area (Å²) in [6.07, 6.45) is 4.20. The average molecular weight is 507 g/mol. The van der Waals surface area contributed by atoms with Crippen molar-refractivity contribution in [1.29, 1.82) is 0 Å². The van der Waals surface area contributed by atoms with E-state index in [1.807, 2.05) is 24.7 Å². The summed E-state index contributed by atoms with van der Waals surface area (Å²) >= 11 is 0. The van der Waals surface area contributed by atoms with Crippen molar-refractivity contribution >= 4 is 16.7 Å². The van der Waals surface area contributed by atoms with E-state index in [-0.39, 0.29) is 13.3 Å². The maximum absolute atomic E-state index is 11.6. The van der Waals surface area contributed by atoms with Crippen LogP contribution in [0.25, 0.3) is 16.7 Å². The van der Waals surface area contributed by atoms with Crippen molar-refractivity contribution in [3.63, 3.8) is 0 Å². The molecule has 0 aliphatic carbocycles. The number of nitrogens with zero attached hydrogens (tertiary/aromatic N) is 6. The molecule has 9 heteroatoms. The molecular weight excluding hydrogens is 468 g/mol. The molecule has 2 aromatic heterocycles. The minimum absolute atomic E-state index is 0. The molecule has 4 saturated heterocycles. The Bertz CT molecular complexity index is 1320. The van der Waals surface area contributed by atoms with Crippen molar-refractivity contribution in [2.24, 2.45) is 0 Å². The molecule has 0 radical (unpaired) electrons. The van der Waals surface area contributed by atoms with Gasteiger partial charge in [0.25, 0.3) is 0 Å². The summed E-state index contributed by atoms with van der Waals surface area (Å²) in [6.45, 7) is 10.9. The summed E-state index contributed by atoms with van der Waals surface area (Å²) in [4.78, 5) is 14.3. The van der Waals surface area contributed by atoms with E-state index in [1.165, 1.54) is 11.1 Å². The Morgan fingerprint density at radius 1 is 1.05 bits per heavy atom. The summed E-state index contributed by atoms with van der Waals surface area (Å²) in [7, 11) is 0. The molecule has 3 aromatic rings. The van der Waals surface area contributed by atoms with Gasteiger partial charge in [-0.2, -0.15) is 5.10 Å². The predicted molar refractivity (Wildman–Crippen MR) is 143 cm³/mol. The smallest absolute Gasteiger partial charge is 0.159 e. The number of piperidine rings is 1. The lowest BCUT2D eigenvalue weighted by Crippen LogP contribution is -2.59. The highest BCUT2D eigenvalue weighted by molar-refractivity contribution is 5.82. The third-order valence-corrected chi connectivity index (χ3v) is 8.67. The van der Waals surface area contributed by atoms with E-state index in [9.17, 15) is 5.11 Å². The van der Waals surface area contributed by atoms with Gasteiger partial charge in [-0.25, -0.2) is 14.6 Å². The van der Waals surface area contributed by atoms with Crippen molar-refractivity contribution < 1.29 is 14.6 Å². The minimum atomic E-state index is -0.813. The van der Waals surface area contributed by atoms with Crippen LogP contribution in [0.3, 0.4) is 0 Å². The second-order valence-electron chi connectivity index (χ2n) is 11.3. The molecule has 0 amide bonds. The number of aryl methyl sites for hydroxylation is 2. The molecule has 0 spiro atoms. The Hall–Kier alpha value is -2.59. The average Bonchev–Trinajstić information content (AvgIpc) is 3.52. The van der Waals surface area contributed by atoms with Crippen LogP contribution in [-0.2, 0) is 9.47 Å². The fraction of sp³-hybridized carbons (Fsp3) is 0.607. The molecule has 4 aliphatic rings. The molecule has 4 atom stereocenters. The summed E-state index contributed by atoms with van der Waals surface area (Å²) in [6, 6.07) is 7.30. The van der Waals surface area contributed by atoms with Crippen molar-refractivity contribution in [3.05, 3.63) is 41.3 Å². The van der Waals surface area contributed by atoms with Gasteiger partial charge in [0.05, 0.1) is 55.3 Å². The molecule has 9 nitrogen and oxygen atoms in total. The second-order valence-corrected chi connectivity index (χ2v) is 11.3. The van der Waals surface area contributed by atoms with Crippen LogP contribution in [0.2, 0.25) is 0 Å². The normalized spacial score (nSPS) is 30.1. The van der Waals surface area contributed by atoms with Gasteiger partial charge in [0, 0.05) is 30.5 Å². The van der Waals surface area contributed by atoms with Crippen LogP contribution in [0, 0.1) is 13.8 Å². The summed E-state index contributed by atoms with van der Waals surface area (Å²) in [5.41, 5.74) is 2.59. The van der Waals surface area contributed by atoms with Gasteiger partial charge in [-0.15, -0.1) is 0 Å². The number of ether oxygens (including phenoxy) is 2. The van der Waals surface area contributed by atoms with Crippen LogP contribution < -0.4 is 4.90 Å². The molecule has 4 unspecified atom stereocenters. The molecule has 198 valence electrons. The fourth-order valence-corrected chi connectivity index (χ4v) is 6.68. The number of anilines is 1. The van der Waals surface area contributed by atoms with E-state index in [4.69, 9.17) is 24.5 Å². The first kappa shape index (κ1) is 24.7. The highest BCUT2D eigenvalue weighted by Gasteiger charge is 2.43. The Morgan fingerprint density at radius 3 is 2.54 bits per heavy atom. The summed E-state index contributed by atoms with van der Waals surface area (Å²) < 4.78 is 13.1. The zero-order valence-corrected chi connectivity index (χ0v) is 21.2. The SMILES string of the molecule is C.Cc1nc(N2CC3CC2CO3)cc(-n2ncc3cc(C)c(C4CCN(C5COC5)CC4(C)O)cc32)n1. The molecule has 4 aliphatic heterocycles. The zero-order chi connectivity index (χ0) is 24.6. The standard InChI is InChI=1S/C27H34N6O3.CH4/c1-16-6-18-10-28-33(26-9-25(29-17(2)30-26)32-11-21-7-19(32)14-36-21)24(18)8-22(16)23-4-5-31(15-27(23,3)34)20-12-35-13-20;/h6,8-10,19-21,23,34H,4-5,7,11-15H2,1-3H3;1H4. The van der Waals surface area contributed by atoms with Crippen LogP contribution in [0.5, 0.6) is 0 Å². The molecule has 4 fully saturated rings. The number of aromatic nitrogens is 4. The summed E-state index contributed by atoms with van der Waals surface area (Å²) in [5.74, 6) is 2.51. The molecule has 1 N–H and O–H groups in total. The fourth-order valence-electron chi connectivity index (χ4n) is 6.68. The first-order valence-corrected chi connectivity index (χ1v) is 13.1. The number of β-amino-alcohol motifs (C(OH)–C–C–N with tert-alkyl or cyclic N) is 1. The first-order valence-electron chi connectivity index (χ1n) is 13.1. The van der Waals surface area contributed by atoms with Gasteiger partial charge in [-0.05, 0) is 63.4 Å². The van der Waals surface area contributed by atoms with E-state index in [0.717, 1.165) is 74.1 Å². The Kier molecular flexibility index (Phi) is 6.02. The minimum Gasteiger partial charge on any atom is -0.388 e. The Morgan fingerprint density at radius 2 is 1.86 bits per heavy atom. The first-order chi connectivity index (χ1) is 17.4. The Labute approximate surface area is 218 Å². The lowest BCUT2D eigenvalue weighted by Gasteiger charge is -2.48. The van der Waals surface area contributed by atoms with Crippen molar-refractivity contribution in [1.82, 2.24) is 24.6 Å².